The van der Waals surface area contributed by atoms with E-state index in [1.54, 1.807) is 0 Å². The van der Waals surface area contributed by atoms with Gasteiger partial charge in [0, 0.05) is 23.6 Å². The number of benzene rings is 2. The second-order valence-electron chi connectivity index (χ2n) is 7.44. The number of rotatable bonds is 4. The molecule has 1 saturated heterocycles. The maximum atomic E-state index is 13.0. The predicted molar refractivity (Wildman–Crippen MR) is 111 cm³/mol. The molecule has 2 N–H and O–H groups in total. The van der Waals surface area contributed by atoms with E-state index >= 15 is 0 Å². The molecule has 0 aromatic heterocycles. The minimum Gasteiger partial charge on any atom is -0.352 e. The van der Waals surface area contributed by atoms with Crippen molar-refractivity contribution < 1.29 is 18.0 Å². The van der Waals surface area contributed by atoms with Crippen LogP contribution in [0.5, 0.6) is 0 Å². The van der Waals surface area contributed by atoms with Crippen LogP contribution in [0.1, 0.15) is 45.0 Å². The molecule has 1 aliphatic carbocycles. The third kappa shape index (κ3) is 3.75. The van der Waals surface area contributed by atoms with Crippen molar-refractivity contribution in [3.8, 4) is 0 Å². The highest BCUT2D eigenvalue weighted by Crippen LogP contribution is 2.33. The van der Waals surface area contributed by atoms with Gasteiger partial charge < -0.3 is 10.6 Å². The minimum absolute atomic E-state index is 0.0443. The fourth-order valence-corrected chi connectivity index (χ4v) is 4.94. The highest BCUT2D eigenvalue weighted by molar-refractivity contribution is 7.90. The molecule has 0 saturated carbocycles. The lowest BCUT2D eigenvalue weighted by Crippen LogP contribution is -2.27. The number of fused-ring (bicyclic) bond motifs is 1. The molecule has 1 fully saturated rings. The normalized spacial score (nSPS) is 17.6. The largest absolute Gasteiger partial charge is 0.352 e. The first-order valence-electron chi connectivity index (χ1n) is 9.56. The Labute approximate surface area is 169 Å². The van der Waals surface area contributed by atoms with E-state index in [9.17, 15) is 18.0 Å². The summed E-state index contributed by atoms with van der Waals surface area (Å²) < 4.78 is 24.1. The van der Waals surface area contributed by atoms with Crippen LogP contribution in [-0.2, 0) is 9.84 Å². The third-order valence-corrected chi connectivity index (χ3v) is 6.59. The lowest BCUT2D eigenvalue weighted by Gasteiger charge is -2.26. The topological polar surface area (TPSA) is 92.3 Å². The summed E-state index contributed by atoms with van der Waals surface area (Å²) in [6, 6.07) is 12.2. The third-order valence-electron chi connectivity index (χ3n) is 5.45. The maximum absolute atomic E-state index is 13.0. The minimum atomic E-state index is -3.63. The molecule has 2 aromatic rings. The Bertz CT molecular complexity index is 1130. The van der Waals surface area contributed by atoms with Crippen molar-refractivity contribution in [3.63, 3.8) is 0 Å². The zero-order chi connectivity index (χ0) is 20.6. The molecule has 0 amide bonds. The number of sulfone groups is 1. The maximum Gasteiger partial charge on any atom is 0.210 e. The Morgan fingerprint density at radius 3 is 2.45 bits per heavy atom. The van der Waals surface area contributed by atoms with Crippen LogP contribution < -0.4 is 10.6 Å². The van der Waals surface area contributed by atoms with Gasteiger partial charge in [0.1, 0.15) is 0 Å². The Hall–Kier alpha value is -2.77. The van der Waals surface area contributed by atoms with Crippen LogP contribution in [0.25, 0.3) is 0 Å². The van der Waals surface area contributed by atoms with Gasteiger partial charge in [-0.25, -0.2) is 8.42 Å². The lowest BCUT2D eigenvalue weighted by atomic mass is 9.88. The van der Waals surface area contributed by atoms with Gasteiger partial charge in [-0.05, 0) is 49.5 Å². The highest BCUT2D eigenvalue weighted by Gasteiger charge is 2.31. The fourth-order valence-electron chi connectivity index (χ4n) is 4.04. The molecule has 0 unspecified atom stereocenters. The van der Waals surface area contributed by atoms with E-state index in [2.05, 4.69) is 10.6 Å². The van der Waals surface area contributed by atoms with E-state index in [0.29, 0.717) is 5.92 Å². The number of carbonyl (C=O) groups excluding carboxylic acids is 2. The Morgan fingerprint density at radius 1 is 1.00 bits per heavy atom. The van der Waals surface area contributed by atoms with Crippen LogP contribution in [-0.4, -0.2) is 39.3 Å². The number of anilines is 1. The van der Waals surface area contributed by atoms with Gasteiger partial charge in [-0.3, -0.25) is 9.59 Å². The zero-order valence-corrected chi connectivity index (χ0v) is 16.9. The molecule has 0 spiro atoms. The van der Waals surface area contributed by atoms with Crippen LogP contribution in [0, 0.1) is 0 Å². The van der Waals surface area contributed by atoms with Crippen molar-refractivity contribution in [3.05, 3.63) is 70.9 Å². The Morgan fingerprint density at radius 2 is 1.72 bits per heavy atom. The summed E-state index contributed by atoms with van der Waals surface area (Å²) in [4.78, 5) is 25.7. The summed E-state index contributed by atoms with van der Waals surface area (Å²) in [5.74, 6) is -0.494. The molecular weight excluding hydrogens is 388 g/mol. The molecule has 0 radical (unpaired) electrons. The van der Waals surface area contributed by atoms with Crippen molar-refractivity contribution in [1.82, 2.24) is 5.32 Å². The second kappa shape index (κ2) is 7.57. The SMILES string of the molecule is CS(=O)(=O)c1cccc2c1C(=O)C=C(Nc1ccccc1C1CCNCC1)C2=O. The van der Waals surface area contributed by atoms with Gasteiger partial charge in [0.25, 0.3) is 0 Å². The summed E-state index contributed by atoms with van der Waals surface area (Å²) in [7, 11) is -3.63. The summed E-state index contributed by atoms with van der Waals surface area (Å²) in [6.45, 7) is 1.89. The van der Waals surface area contributed by atoms with Gasteiger partial charge >= 0.3 is 0 Å². The number of carbonyl (C=O) groups is 2. The van der Waals surface area contributed by atoms with E-state index in [0.717, 1.165) is 43.4 Å². The van der Waals surface area contributed by atoms with E-state index in [1.807, 2.05) is 24.3 Å². The highest BCUT2D eigenvalue weighted by atomic mass is 32.2. The second-order valence-corrected chi connectivity index (χ2v) is 9.42. The molecule has 2 aliphatic rings. The van der Waals surface area contributed by atoms with Crippen molar-refractivity contribution in [2.24, 2.45) is 0 Å². The van der Waals surface area contributed by atoms with E-state index < -0.39 is 15.6 Å². The van der Waals surface area contributed by atoms with Crippen LogP contribution in [0.15, 0.2) is 59.1 Å². The average molecular weight is 410 g/mol. The molecule has 6 nitrogen and oxygen atoms in total. The molecule has 4 rings (SSSR count). The molecule has 0 bridgehead atoms. The number of hydrogen-bond donors (Lipinski definition) is 2. The van der Waals surface area contributed by atoms with Crippen molar-refractivity contribution in [2.45, 2.75) is 23.7 Å². The number of para-hydroxylation sites is 1. The monoisotopic (exact) mass is 410 g/mol. The quantitative estimate of drug-likeness (QED) is 0.805. The first kappa shape index (κ1) is 19.5. The van der Waals surface area contributed by atoms with Gasteiger partial charge in [-0.15, -0.1) is 0 Å². The van der Waals surface area contributed by atoms with Crippen LogP contribution in [0.2, 0.25) is 0 Å². The Kier molecular flexibility index (Phi) is 5.10. The summed E-state index contributed by atoms with van der Waals surface area (Å²) >= 11 is 0. The summed E-state index contributed by atoms with van der Waals surface area (Å²) in [6.07, 6.45) is 4.25. The number of nitrogens with one attached hydrogen (secondary N) is 2. The number of hydrogen-bond acceptors (Lipinski definition) is 6. The lowest BCUT2D eigenvalue weighted by molar-refractivity contribution is 0.0983. The van der Waals surface area contributed by atoms with Gasteiger partial charge in [-0.2, -0.15) is 0 Å². The number of ketones is 2. The predicted octanol–water partition coefficient (Wildman–Crippen LogP) is 2.93. The fraction of sp³-hybridized carbons (Fsp3) is 0.273. The Balaban J connectivity index is 1.70. The molecule has 0 atom stereocenters. The van der Waals surface area contributed by atoms with Gasteiger partial charge in [0.2, 0.25) is 5.78 Å². The summed E-state index contributed by atoms with van der Waals surface area (Å²) in [5, 5.41) is 6.49. The van der Waals surface area contributed by atoms with E-state index in [1.165, 1.54) is 24.3 Å². The van der Waals surface area contributed by atoms with Crippen LogP contribution in [0.4, 0.5) is 5.69 Å². The van der Waals surface area contributed by atoms with Gasteiger partial charge in [0.05, 0.1) is 16.2 Å². The van der Waals surface area contributed by atoms with E-state index in [4.69, 9.17) is 0 Å². The molecular formula is C22H22N2O4S. The zero-order valence-electron chi connectivity index (χ0n) is 16.1. The molecule has 2 aromatic carbocycles. The molecule has 1 heterocycles. The first-order valence-corrected chi connectivity index (χ1v) is 11.5. The van der Waals surface area contributed by atoms with Crippen molar-refractivity contribution >= 4 is 27.1 Å². The van der Waals surface area contributed by atoms with Crippen LogP contribution in [0.3, 0.4) is 0 Å². The molecule has 1 aliphatic heterocycles. The first-order chi connectivity index (χ1) is 13.9. The number of allylic oxidation sites excluding steroid dienone is 2. The summed E-state index contributed by atoms with van der Waals surface area (Å²) in [5.41, 5.74) is 2.15. The van der Waals surface area contributed by atoms with Gasteiger partial charge in [-0.1, -0.05) is 30.3 Å². The average Bonchev–Trinajstić information content (AvgIpc) is 2.72. The van der Waals surface area contributed by atoms with Crippen molar-refractivity contribution in [2.75, 3.05) is 24.7 Å². The smallest absolute Gasteiger partial charge is 0.210 e. The number of piperidine rings is 1. The van der Waals surface area contributed by atoms with Gasteiger partial charge in [0.15, 0.2) is 15.6 Å². The van der Waals surface area contributed by atoms with E-state index in [-0.39, 0.29) is 27.5 Å². The standard InChI is InChI=1S/C22H22N2O4S/c1-29(27,28)20-8-4-6-16-21(20)19(25)13-18(22(16)26)24-17-7-3-2-5-15(17)14-9-11-23-12-10-14/h2-8,13-14,23-24H,9-12H2,1H3. The number of Topliss-reactive ketones (excluding diaryl/α,β-unsaturated/α-hetero) is 1. The molecule has 29 heavy (non-hydrogen) atoms. The van der Waals surface area contributed by atoms with Crippen molar-refractivity contribution in [1.29, 1.82) is 0 Å². The molecule has 150 valence electrons. The molecule has 7 heteroatoms. The van der Waals surface area contributed by atoms with Crippen LogP contribution >= 0.6 is 0 Å².